The number of aliphatic hydroxyl groups excluding tert-OH is 1. The molecule has 0 aromatic heterocycles. The van der Waals surface area contributed by atoms with E-state index in [-0.39, 0.29) is 5.78 Å². The summed E-state index contributed by atoms with van der Waals surface area (Å²) in [7, 11) is 1.59. The van der Waals surface area contributed by atoms with E-state index in [1.165, 1.54) is 0 Å². The molecule has 0 aliphatic carbocycles. The summed E-state index contributed by atoms with van der Waals surface area (Å²) in [5.74, 6) is 0.0353. The third kappa shape index (κ3) is 5.18. The zero-order valence-corrected chi connectivity index (χ0v) is 15.9. The molecule has 0 radical (unpaired) electrons. The lowest BCUT2D eigenvalue weighted by atomic mass is 9.86. The number of benzene rings is 3. The first-order valence-corrected chi connectivity index (χ1v) is 9.31. The van der Waals surface area contributed by atoms with Crippen molar-refractivity contribution in [3.8, 4) is 5.75 Å². The van der Waals surface area contributed by atoms with Crippen molar-refractivity contribution in [2.45, 2.75) is 12.5 Å². The lowest BCUT2D eigenvalue weighted by Gasteiger charge is -2.20. The van der Waals surface area contributed by atoms with Crippen LogP contribution in [-0.2, 0) is 6.42 Å². The molecule has 0 spiro atoms. The monoisotopic (exact) mass is 372 g/mol. The van der Waals surface area contributed by atoms with Gasteiger partial charge in [-0.2, -0.15) is 0 Å². The van der Waals surface area contributed by atoms with Crippen LogP contribution in [0.4, 0.5) is 0 Å². The van der Waals surface area contributed by atoms with Gasteiger partial charge in [0.1, 0.15) is 5.75 Å². The van der Waals surface area contributed by atoms with Crippen LogP contribution in [0.3, 0.4) is 0 Å². The number of carbonyl (C=O) groups is 1. The van der Waals surface area contributed by atoms with E-state index in [9.17, 15) is 9.90 Å². The second-order valence-corrected chi connectivity index (χ2v) is 6.65. The smallest absolute Gasteiger partial charge is 0.169 e. The average Bonchev–Trinajstić information content (AvgIpc) is 2.77. The van der Waals surface area contributed by atoms with Gasteiger partial charge in [-0.05, 0) is 41.8 Å². The van der Waals surface area contributed by atoms with Crippen molar-refractivity contribution in [1.29, 1.82) is 0 Å². The summed E-state index contributed by atoms with van der Waals surface area (Å²) in [5.41, 5.74) is 2.56. The van der Waals surface area contributed by atoms with Gasteiger partial charge in [-0.25, -0.2) is 0 Å². The maximum absolute atomic E-state index is 13.2. The molecule has 3 aromatic carbocycles. The van der Waals surface area contributed by atoms with Crippen molar-refractivity contribution in [3.05, 3.63) is 108 Å². The van der Waals surface area contributed by atoms with Gasteiger partial charge in [0.2, 0.25) is 0 Å². The molecule has 2 atom stereocenters. The van der Waals surface area contributed by atoms with Gasteiger partial charge in [-0.3, -0.25) is 4.79 Å². The summed E-state index contributed by atoms with van der Waals surface area (Å²) < 4.78 is 5.17. The van der Waals surface area contributed by atoms with Crippen molar-refractivity contribution in [2.24, 2.45) is 5.92 Å². The van der Waals surface area contributed by atoms with Crippen molar-refractivity contribution in [2.75, 3.05) is 7.11 Å². The highest BCUT2D eigenvalue weighted by molar-refractivity contribution is 5.98. The minimum atomic E-state index is -0.894. The molecular weight excluding hydrogens is 348 g/mol. The van der Waals surface area contributed by atoms with Crippen LogP contribution in [0.25, 0.3) is 6.08 Å². The predicted molar refractivity (Wildman–Crippen MR) is 112 cm³/mol. The Labute approximate surface area is 165 Å². The van der Waals surface area contributed by atoms with Crippen LogP contribution in [0.2, 0.25) is 0 Å². The lowest BCUT2D eigenvalue weighted by molar-refractivity contribution is 0.0779. The third-order valence-electron chi connectivity index (χ3n) is 4.71. The van der Waals surface area contributed by atoms with Crippen molar-refractivity contribution in [3.63, 3.8) is 0 Å². The van der Waals surface area contributed by atoms with Crippen molar-refractivity contribution < 1.29 is 14.6 Å². The Balaban J connectivity index is 1.85. The maximum Gasteiger partial charge on any atom is 0.169 e. The highest BCUT2D eigenvalue weighted by Crippen LogP contribution is 2.22. The Kier molecular flexibility index (Phi) is 6.77. The van der Waals surface area contributed by atoms with Crippen LogP contribution in [0, 0.1) is 5.92 Å². The molecule has 142 valence electrons. The van der Waals surface area contributed by atoms with Crippen LogP contribution in [0.1, 0.15) is 21.5 Å². The van der Waals surface area contributed by atoms with E-state index in [4.69, 9.17) is 4.74 Å². The molecule has 0 saturated carbocycles. The summed E-state index contributed by atoms with van der Waals surface area (Å²) in [6, 6.07) is 26.5. The Morgan fingerprint density at radius 2 is 1.54 bits per heavy atom. The highest BCUT2D eigenvalue weighted by Gasteiger charge is 2.26. The van der Waals surface area contributed by atoms with Crippen LogP contribution in [0.15, 0.2) is 91.0 Å². The minimum absolute atomic E-state index is 0.0864. The standard InChI is InChI=1S/C25H24O3/c1-28-22-15-13-21(14-16-22)25(27)23(18-20-10-6-3-7-11-20)24(26)17-12-19-8-4-2-5-9-19/h2-17,23-24,26H,18H2,1H3/b17-12+/t23-,24+/m1/s1. The molecule has 0 fully saturated rings. The number of Topliss-reactive ketones (excluding diaryl/α,β-unsaturated/α-hetero) is 1. The number of ketones is 1. The Hall–Kier alpha value is -3.17. The summed E-state index contributed by atoms with van der Waals surface area (Å²) in [4.78, 5) is 13.2. The van der Waals surface area contributed by atoms with Gasteiger partial charge < -0.3 is 9.84 Å². The summed E-state index contributed by atoms with van der Waals surface area (Å²) >= 11 is 0. The Morgan fingerprint density at radius 1 is 0.929 bits per heavy atom. The maximum atomic E-state index is 13.2. The minimum Gasteiger partial charge on any atom is -0.497 e. The number of rotatable bonds is 8. The first-order valence-electron chi connectivity index (χ1n) is 9.31. The molecule has 0 bridgehead atoms. The molecule has 3 heteroatoms. The molecule has 3 rings (SSSR count). The van der Waals surface area contributed by atoms with Crippen LogP contribution in [0.5, 0.6) is 5.75 Å². The zero-order chi connectivity index (χ0) is 19.8. The van der Waals surface area contributed by atoms with E-state index in [2.05, 4.69) is 0 Å². The fourth-order valence-corrected chi connectivity index (χ4v) is 3.11. The number of hydrogen-bond acceptors (Lipinski definition) is 3. The van der Waals surface area contributed by atoms with Crippen LogP contribution >= 0.6 is 0 Å². The van der Waals surface area contributed by atoms with E-state index >= 15 is 0 Å². The van der Waals surface area contributed by atoms with E-state index in [0.29, 0.717) is 17.7 Å². The highest BCUT2D eigenvalue weighted by atomic mass is 16.5. The van der Waals surface area contributed by atoms with Gasteiger partial charge in [0, 0.05) is 5.56 Å². The number of methoxy groups -OCH3 is 1. The van der Waals surface area contributed by atoms with Gasteiger partial charge in [0.25, 0.3) is 0 Å². The Bertz CT molecular complexity index is 900. The second-order valence-electron chi connectivity index (χ2n) is 6.65. The number of ether oxygens (including phenoxy) is 1. The largest absolute Gasteiger partial charge is 0.497 e. The number of aliphatic hydroxyl groups is 1. The van der Waals surface area contributed by atoms with Crippen molar-refractivity contribution >= 4 is 11.9 Å². The van der Waals surface area contributed by atoms with Gasteiger partial charge in [-0.15, -0.1) is 0 Å². The fourth-order valence-electron chi connectivity index (χ4n) is 3.11. The van der Waals surface area contributed by atoms with E-state index in [0.717, 1.165) is 11.1 Å². The first-order chi connectivity index (χ1) is 13.7. The number of carbonyl (C=O) groups excluding carboxylic acids is 1. The summed E-state index contributed by atoms with van der Waals surface area (Å²) in [5, 5.41) is 10.8. The molecule has 0 saturated heterocycles. The molecule has 0 aliphatic heterocycles. The van der Waals surface area contributed by atoms with Crippen LogP contribution in [-0.4, -0.2) is 24.1 Å². The molecular formula is C25H24O3. The van der Waals surface area contributed by atoms with E-state index in [1.807, 2.05) is 66.7 Å². The number of hydrogen-bond donors (Lipinski definition) is 1. The molecule has 0 amide bonds. The molecule has 0 heterocycles. The van der Waals surface area contributed by atoms with Gasteiger partial charge in [-0.1, -0.05) is 72.8 Å². The molecule has 28 heavy (non-hydrogen) atoms. The van der Waals surface area contributed by atoms with E-state index < -0.39 is 12.0 Å². The first kappa shape index (κ1) is 19.6. The SMILES string of the molecule is COc1ccc(C(=O)[C@H](Cc2ccccc2)[C@@H](O)/C=C/c2ccccc2)cc1. The molecule has 3 aromatic rings. The fraction of sp³-hybridized carbons (Fsp3) is 0.160. The van der Waals surface area contributed by atoms with Crippen molar-refractivity contribution in [1.82, 2.24) is 0 Å². The quantitative estimate of drug-likeness (QED) is 0.577. The van der Waals surface area contributed by atoms with Crippen LogP contribution < -0.4 is 4.74 Å². The molecule has 3 nitrogen and oxygen atoms in total. The lowest BCUT2D eigenvalue weighted by Crippen LogP contribution is -2.29. The summed E-state index contributed by atoms with van der Waals surface area (Å²) in [6.45, 7) is 0. The van der Waals surface area contributed by atoms with Gasteiger partial charge >= 0.3 is 0 Å². The normalized spacial score (nSPS) is 13.2. The van der Waals surface area contributed by atoms with Gasteiger partial charge in [0.05, 0.1) is 19.1 Å². The molecule has 0 aliphatic rings. The molecule has 0 unspecified atom stereocenters. The zero-order valence-electron chi connectivity index (χ0n) is 15.9. The van der Waals surface area contributed by atoms with Gasteiger partial charge in [0.15, 0.2) is 5.78 Å². The predicted octanol–water partition coefficient (Wildman–Crippen LogP) is 4.81. The third-order valence-corrected chi connectivity index (χ3v) is 4.71. The molecule has 1 N–H and O–H groups in total. The summed E-state index contributed by atoms with van der Waals surface area (Å²) in [6.07, 6.45) is 3.12. The Morgan fingerprint density at radius 3 is 2.14 bits per heavy atom. The van der Waals surface area contributed by atoms with E-state index in [1.54, 1.807) is 37.5 Å². The average molecular weight is 372 g/mol. The topological polar surface area (TPSA) is 46.5 Å². The second kappa shape index (κ2) is 9.67.